The Bertz CT molecular complexity index is 390. The molecule has 3 N–H and O–H groups in total. The van der Waals surface area contributed by atoms with Gasteiger partial charge in [-0.2, -0.15) is 0 Å². The molecule has 1 fully saturated rings. The normalized spacial score (nSPS) is 24.4. The number of hydrogen-bond acceptors (Lipinski definition) is 3. The van der Waals surface area contributed by atoms with Crippen LogP contribution in [0, 0.1) is 11.8 Å². The molecule has 0 saturated heterocycles. The van der Waals surface area contributed by atoms with E-state index >= 15 is 0 Å². The van der Waals surface area contributed by atoms with E-state index in [0.29, 0.717) is 5.92 Å². The molecule has 112 valence electrons. The summed E-state index contributed by atoms with van der Waals surface area (Å²) in [5, 5.41) is 0. The van der Waals surface area contributed by atoms with Crippen LogP contribution in [0.5, 0.6) is 5.75 Å². The number of rotatable bonds is 6. The van der Waals surface area contributed by atoms with Gasteiger partial charge in [-0.3, -0.25) is 11.3 Å². The van der Waals surface area contributed by atoms with Gasteiger partial charge in [0.1, 0.15) is 5.75 Å². The minimum Gasteiger partial charge on any atom is -0.494 e. The van der Waals surface area contributed by atoms with Gasteiger partial charge >= 0.3 is 0 Å². The van der Waals surface area contributed by atoms with Crippen LogP contribution in [0.2, 0.25) is 0 Å². The standard InChI is InChI=1S/C17H28N2O/c1-3-11-20-16-9-7-14(8-10-16)17(19-18)15-6-4-5-13(2)12-15/h7-10,13,15,17,19H,3-6,11-12,18H2,1-2H3. The molecule has 0 amide bonds. The molecular weight excluding hydrogens is 248 g/mol. The van der Waals surface area contributed by atoms with Crippen molar-refractivity contribution in [1.29, 1.82) is 0 Å². The maximum absolute atomic E-state index is 5.82. The van der Waals surface area contributed by atoms with Crippen LogP contribution in [0.25, 0.3) is 0 Å². The highest BCUT2D eigenvalue weighted by Crippen LogP contribution is 2.37. The number of nitrogens with one attached hydrogen (secondary N) is 1. The summed E-state index contributed by atoms with van der Waals surface area (Å²) < 4.78 is 5.63. The van der Waals surface area contributed by atoms with Crippen molar-refractivity contribution < 1.29 is 4.74 Å². The zero-order chi connectivity index (χ0) is 14.4. The van der Waals surface area contributed by atoms with Crippen molar-refractivity contribution in [2.24, 2.45) is 17.7 Å². The second-order valence-corrected chi connectivity index (χ2v) is 6.09. The minimum absolute atomic E-state index is 0.262. The summed E-state index contributed by atoms with van der Waals surface area (Å²) >= 11 is 0. The van der Waals surface area contributed by atoms with Crippen LogP contribution >= 0.6 is 0 Å². The highest BCUT2D eigenvalue weighted by molar-refractivity contribution is 5.29. The Kier molecular flexibility index (Phi) is 5.86. The molecule has 0 spiro atoms. The van der Waals surface area contributed by atoms with E-state index in [1.807, 2.05) is 0 Å². The van der Waals surface area contributed by atoms with Crippen LogP contribution in [0.3, 0.4) is 0 Å². The molecule has 1 aromatic rings. The summed E-state index contributed by atoms with van der Waals surface area (Å²) in [6.45, 7) is 5.24. The van der Waals surface area contributed by atoms with E-state index in [2.05, 4.69) is 43.5 Å². The first kappa shape index (κ1) is 15.3. The highest BCUT2D eigenvalue weighted by Gasteiger charge is 2.27. The third-order valence-corrected chi connectivity index (χ3v) is 4.34. The lowest BCUT2D eigenvalue weighted by Crippen LogP contribution is -2.35. The molecule has 3 heteroatoms. The molecule has 1 aliphatic carbocycles. The molecule has 0 heterocycles. The Balaban J connectivity index is 2.03. The molecule has 2 rings (SSSR count). The first-order valence-electron chi connectivity index (χ1n) is 7.93. The van der Waals surface area contributed by atoms with E-state index in [9.17, 15) is 0 Å². The monoisotopic (exact) mass is 276 g/mol. The van der Waals surface area contributed by atoms with Crippen LogP contribution in [-0.2, 0) is 0 Å². The second kappa shape index (κ2) is 7.65. The number of hydrogen-bond donors (Lipinski definition) is 2. The molecule has 3 atom stereocenters. The zero-order valence-corrected chi connectivity index (χ0v) is 12.8. The molecule has 1 aromatic carbocycles. The van der Waals surface area contributed by atoms with Gasteiger partial charge in [0.2, 0.25) is 0 Å². The third kappa shape index (κ3) is 3.97. The Morgan fingerprint density at radius 1 is 1.30 bits per heavy atom. The fraction of sp³-hybridized carbons (Fsp3) is 0.647. The third-order valence-electron chi connectivity index (χ3n) is 4.34. The fourth-order valence-corrected chi connectivity index (χ4v) is 3.28. The van der Waals surface area contributed by atoms with Crippen molar-refractivity contribution in [1.82, 2.24) is 5.43 Å². The lowest BCUT2D eigenvalue weighted by atomic mass is 9.77. The Hall–Kier alpha value is -1.06. The smallest absolute Gasteiger partial charge is 0.119 e. The van der Waals surface area contributed by atoms with Crippen LogP contribution in [0.15, 0.2) is 24.3 Å². The maximum Gasteiger partial charge on any atom is 0.119 e. The summed E-state index contributed by atoms with van der Waals surface area (Å²) in [6, 6.07) is 8.67. The van der Waals surface area contributed by atoms with Gasteiger partial charge in [0.05, 0.1) is 6.61 Å². The number of benzene rings is 1. The van der Waals surface area contributed by atoms with Crippen molar-refractivity contribution in [3.63, 3.8) is 0 Å². The van der Waals surface area contributed by atoms with Gasteiger partial charge in [0, 0.05) is 6.04 Å². The lowest BCUT2D eigenvalue weighted by Gasteiger charge is -2.33. The van der Waals surface area contributed by atoms with Crippen LogP contribution in [0.4, 0.5) is 0 Å². The summed E-state index contributed by atoms with van der Waals surface area (Å²) in [6.07, 6.45) is 6.25. The lowest BCUT2D eigenvalue weighted by molar-refractivity contribution is 0.224. The zero-order valence-electron chi connectivity index (χ0n) is 12.8. The molecule has 0 radical (unpaired) electrons. The van der Waals surface area contributed by atoms with Crippen molar-refractivity contribution in [3.8, 4) is 5.75 Å². The molecular formula is C17H28N2O. The number of ether oxygens (including phenoxy) is 1. The maximum atomic E-state index is 5.82. The van der Waals surface area contributed by atoms with Gasteiger partial charge in [-0.15, -0.1) is 0 Å². The van der Waals surface area contributed by atoms with Gasteiger partial charge in [0.15, 0.2) is 0 Å². The van der Waals surface area contributed by atoms with E-state index in [4.69, 9.17) is 10.6 Å². The summed E-state index contributed by atoms with van der Waals surface area (Å²) in [5.41, 5.74) is 4.30. The van der Waals surface area contributed by atoms with Gasteiger partial charge in [-0.1, -0.05) is 38.8 Å². The molecule has 0 bridgehead atoms. The Morgan fingerprint density at radius 2 is 2.05 bits per heavy atom. The summed E-state index contributed by atoms with van der Waals surface area (Å²) in [7, 11) is 0. The highest BCUT2D eigenvalue weighted by atomic mass is 16.5. The van der Waals surface area contributed by atoms with E-state index in [1.165, 1.54) is 31.2 Å². The van der Waals surface area contributed by atoms with E-state index in [1.54, 1.807) is 0 Å². The molecule has 1 aliphatic rings. The fourth-order valence-electron chi connectivity index (χ4n) is 3.28. The Labute approximate surface area is 122 Å². The minimum atomic E-state index is 0.262. The molecule has 1 saturated carbocycles. The van der Waals surface area contributed by atoms with E-state index in [-0.39, 0.29) is 6.04 Å². The number of nitrogens with two attached hydrogens (primary N) is 1. The van der Waals surface area contributed by atoms with Crippen molar-refractivity contribution in [2.75, 3.05) is 6.61 Å². The SMILES string of the molecule is CCCOc1ccc(C(NN)C2CCCC(C)C2)cc1. The molecule has 3 nitrogen and oxygen atoms in total. The largest absolute Gasteiger partial charge is 0.494 e. The molecule has 20 heavy (non-hydrogen) atoms. The van der Waals surface area contributed by atoms with Gasteiger partial charge < -0.3 is 4.74 Å². The molecule has 0 aromatic heterocycles. The topological polar surface area (TPSA) is 47.3 Å². The van der Waals surface area contributed by atoms with Crippen LogP contribution in [0.1, 0.15) is 57.6 Å². The Morgan fingerprint density at radius 3 is 2.65 bits per heavy atom. The first-order chi connectivity index (χ1) is 9.74. The van der Waals surface area contributed by atoms with Crippen molar-refractivity contribution in [3.05, 3.63) is 29.8 Å². The van der Waals surface area contributed by atoms with Crippen LogP contribution in [-0.4, -0.2) is 6.61 Å². The predicted octanol–water partition coefficient (Wildman–Crippen LogP) is 3.81. The predicted molar refractivity (Wildman–Crippen MR) is 83.4 cm³/mol. The van der Waals surface area contributed by atoms with Crippen molar-refractivity contribution in [2.45, 2.75) is 52.0 Å². The quantitative estimate of drug-likeness (QED) is 0.613. The van der Waals surface area contributed by atoms with E-state index < -0.39 is 0 Å². The summed E-state index contributed by atoms with van der Waals surface area (Å²) in [4.78, 5) is 0. The van der Waals surface area contributed by atoms with Gasteiger partial charge in [-0.25, -0.2) is 0 Å². The molecule has 0 aliphatic heterocycles. The van der Waals surface area contributed by atoms with E-state index in [0.717, 1.165) is 24.7 Å². The van der Waals surface area contributed by atoms with Crippen LogP contribution < -0.4 is 16.0 Å². The average molecular weight is 276 g/mol. The van der Waals surface area contributed by atoms with Gasteiger partial charge in [0.25, 0.3) is 0 Å². The first-order valence-corrected chi connectivity index (χ1v) is 7.93. The average Bonchev–Trinajstić information content (AvgIpc) is 2.47. The molecule has 3 unspecified atom stereocenters. The van der Waals surface area contributed by atoms with Crippen molar-refractivity contribution >= 4 is 0 Å². The number of hydrazine groups is 1. The van der Waals surface area contributed by atoms with Gasteiger partial charge in [-0.05, 0) is 48.8 Å². The second-order valence-electron chi connectivity index (χ2n) is 6.09. The summed E-state index contributed by atoms with van der Waals surface area (Å²) in [5.74, 6) is 8.23.